The van der Waals surface area contributed by atoms with E-state index < -0.39 is 12.0 Å². The average molecular weight is 408 g/mol. The van der Waals surface area contributed by atoms with Gasteiger partial charge in [-0.3, -0.25) is 9.69 Å². The van der Waals surface area contributed by atoms with Crippen molar-refractivity contribution in [3.05, 3.63) is 55.7 Å². The van der Waals surface area contributed by atoms with Gasteiger partial charge < -0.3 is 5.11 Å². The number of rotatable bonds is 4. The molecule has 1 saturated heterocycles. The Hall–Kier alpha value is -1.17. The summed E-state index contributed by atoms with van der Waals surface area (Å²) < 4.78 is 1.08. The van der Waals surface area contributed by atoms with Crippen molar-refractivity contribution < 1.29 is 9.90 Å². The zero-order valence-corrected chi connectivity index (χ0v) is 16.4. The van der Waals surface area contributed by atoms with Crippen molar-refractivity contribution in [2.75, 3.05) is 6.54 Å². The van der Waals surface area contributed by atoms with Gasteiger partial charge in [-0.15, -0.1) is 11.3 Å². The quantitative estimate of drug-likeness (QED) is 0.760. The van der Waals surface area contributed by atoms with Crippen LogP contribution in [0.1, 0.15) is 46.9 Å². The summed E-state index contributed by atoms with van der Waals surface area (Å²) >= 11 is 5.25. The maximum absolute atomic E-state index is 11.8. The molecule has 2 heterocycles. The SMILES string of the molecule is Cc1cc(C)cc(C(c2ccc(Br)s2)N2CCCCC2C(=O)O)c1. The summed E-state index contributed by atoms with van der Waals surface area (Å²) in [6.07, 6.45) is 2.77. The van der Waals surface area contributed by atoms with Gasteiger partial charge in [-0.1, -0.05) is 35.7 Å². The van der Waals surface area contributed by atoms with E-state index >= 15 is 0 Å². The van der Waals surface area contributed by atoms with Gasteiger partial charge in [0, 0.05) is 4.88 Å². The first kappa shape index (κ1) is 17.6. The highest BCUT2D eigenvalue weighted by Crippen LogP contribution is 2.39. The van der Waals surface area contributed by atoms with E-state index in [9.17, 15) is 9.90 Å². The fraction of sp³-hybridized carbons (Fsp3) is 0.421. The number of aliphatic carboxylic acids is 1. The normalized spacial score (nSPS) is 20.0. The van der Waals surface area contributed by atoms with Crippen molar-refractivity contribution in [2.24, 2.45) is 0 Å². The van der Waals surface area contributed by atoms with Crippen molar-refractivity contribution in [1.82, 2.24) is 4.90 Å². The first-order valence-corrected chi connectivity index (χ1v) is 9.88. The molecule has 5 heteroatoms. The van der Waals surface area contributed by atoms with E-state index in [1.807, 2.05) is 0 Å². The molecule has 3 nitrogen and oxygen atoms in total. The average Bonchev–Trinajstić information content (AvgIpc) is 2.93. The Balaban J connectivity index is 2.09. The van der Waals surface area contributed by atoms with E-state index in [4.69, 9.17) is 0 Å². The Bertz CT molecular complexity index is 722. The lowest BCUT2D eigenvalue weighted by Gasteiger charge is -2.39. The number of halogens is 1. The first-order chi connectivity index (χ1) is 11.5. The highest BCUT2D eigenvalue weighted by molar-refractivity contribution is 9.11. The second-order valence-corrected chi connectivity index (χ2v) is 9.05. The maximum atomic E-state index is 11.8. The third-order valence-corrected chi connectivity index (χ3v) is 6.26. The molecule has 3 rings (SSSR count). The topological polar surface area (TPSA) is 40.5 Å². The minimum absolute atomic E-state index is 0.00120. The minimum Gasteiger partial charge on any atom is -0.480 e. The summed E-state index contributed by atoms with van der Waals surface area (Å²) in [4.78, 5) is 15.2. The van der Waals surface area contributed by atoms with Crippen molar-refractivity contribution in [1.29, 1.82) is 0 Å². The molecule has 1 aromatic heterocycles. The molecular formula is C19H22BrNO2S. The molecule has 0 spiro atoms. The van der Waals surface area contributed by atoms with Gasteiger partial charge >= 0.3 is 5.97 Å². The predicted molar refractivity (Wildman–Crippen MR) is 102 cm³/mol. The summed E-state index contributed by atoms with van der Waals surface area (Å²) in [5.41, 5.74) is 3.62. The molecule has 0 radical (unpaired) electrons. The lowest BCUT2D eigenvalue weighted by atomic mass is 9.93. The Morgan fingerprint density at radius 2 is 1.96 bits per heavy atom. The monoisotopic (exact) mass is 407 g/mol. The van der Waals surface area contributed by atoms with Crippen LogP contribution in [0.4, 0.5) is 0 Å². The van der Waals surface area contributed by atoms with Crippen LogP contribution >= 0.6 is 27.3 Å². The van der Waals surface area contributed by atoms with Crippen LogP contribution < -0.4 is 0 Å². The van der Waals surface area contributed by atoms with Gasteiger partial charge in [0.2, 0.25) is 0 Å². The van der Waals surface area contributed by atoms with Crippen LogP contribution in [-0.2, 0) is 4.79 Å². The number of benzene rings is 1. The lowest BCUT2D eigenvalue weighted by Crippen LogP contribution is -2.46. The Morgan fingerprint density at radius 3 is 2.54 bits per heavy atom. The number of piperidine rings is 1. The van der Waals surface area contributed by atoms with Gasteiger partial charge in [0.15, 0.2) is 0 Å². The molecule has 1 fully saturated rings. The summed E-state index contributed by atoms with van der Waals surface area (Å²) in [5, 5.41) is 9.72. The molecule has 2 aromatic rings. The molecule has 0 bridgehead atoms. The standard InChI is InChI=1S/C19H22BrNO2S/c1-12-9-13(2)11-14(10-12)18(16-6-7-17(20)24-16)21-8-4-3-5-15(21)19(22)23/h6-7,9-11,15,18H,3-5,8H2,1-2H3,(H,22,23). The Morgan fingerprint density at radius 1 is 1.25 bits per heavy atom. The van der Waals surface area contributed by atoms with Crippen molar-refractivity contribution in [3.8, 4) is 0 Å². The molecule has 1 aromatic carbocycles. The molecule has 1 aliphatic rings. The first-order valence-electron chi connectivity index (χ1n) is 8.27. The lowest BCUT2D eigenvalue weighted by molar-refractivity contribution is -0.145. The zero-order chi connectivity index (χ0) is 17.3. The van der Waals surface area contributed by atoms with Gasteiger partial charge in [0.1, 0.15) is 6.04 Å². The number of likely N-dealkylation sites (tertiary alicyclic amines) is 1. The van der Waals surface area contributed by atoms with Crippen LogP contribution in [0.25, 0.3) is 0 Å². The van der Waals surface area contributed by atoms with Gasteiger partial charge in [-0.25, -0.2) is 0 Å². The largest absolute Gasteiger partial charge is 0.480 e. The zero-order valence-electron chi connectivity index (χ0n) is 14.0. The van der Waals surface area contributed by atoms with Crippen molar-refractivity contribution >= 4 is 33.2 Å². The molecule has 1 N–H and O–H groups in total. The smallest absolute Gasteiger partial charge is 0.320 e. The number of nitrogens with zero attached hydrogens (tertiary/aromatic N) is 1. The molecule has 2 unspecified atom stereocenters. The number of carbonyl (C=O) groups is 1. The van der Waals surface area contributed by atoms with Crippen molar-refractivity contribution in [3.63, 3.8) is 0 Å². The van der Waals surface area contributed by atoms with Gasteiger partial charge in [-0.2, -0.15) is 0 Å². The number of hydrogen-bond donors (Lipinski definition) is 1. The van der Waals surface area contributed by atoms with E-state index in [0.717, 1.165) is 29.6 Å². The van der Waals surface area contributed by atoms with Gasteiger partial charge in [-0.05, 0) is 66.9 Å². The Labute approximate surface area is 155 Å². The van der Waals surface area contributed by atoms with Crippen LogP contribution in [0.15, 0.2) is 34.1 Å². The molecule has 0 aliphatic carbocycles. The van der Waals surface area contributed by atoms with Gasteiger partial charge in [0.25, 0.3) is 0 Å². The second kappa shape index (κ2) is 7.38. The minimum atomic E-state index is -0.709. The van der Waals surface area contributed by atoms with E-state index in [0.29, 0.717) is 0 Å². The fourth-order valence-corrected chi connectivity index (χ4v) is 5.26. The van der Waals surface area contributed by atoms with E-state index in [1.165, 1.54) is 21.6 Å². The molecule has 1 aliphatic heterocycles. The van der Waals surface area contributed by atoms with Crippen molar-refractivity contribution in [2.45, 2.75) is 45.2 Å². The second-order valence-electron chi connectivity index (χ2n) is 6.55. The van der Waals surface area contributed by atoms with Crippen LogP contribution in [0, 0.1) is 13.8 Å². The third kappa shape index (κ3) is 3.73. The third-order valence-electron chi connectivity index (χ3n) is 4.58. The summed E-state index contributed by atoms with van der Waals surface area (Å²) in [7, 11) is 0. The van der Waals surface area contributed by atoms with Crippen LogP contribution in [0.5, 0.6) is 0 Å². The summed E-state index contributed by atoms with van der Waals surface area (Å²) in [6.45, 7) is 5.02. The van der Waals surface area contributed by atoms with Gasteiger partial charge in [0.05, 0.1) is 9.83 Å². The van der Waals surface area contributed by atoms with E-state index in [-0.39, 0.29) is 6.04 Å². The highest BCUT2D eigenvalue weighted by atomic mass is 79.9. The number of aryl methyl sites for hydroxylation is 2. The van der Waals surface area contributed by atoms with E-state index in [1.54, 1.807) is 11.3 Å². The number of carboxylic acids is 1. The van der Waals surface area contributed by atoms with E-state index in [2.05, 4.69) is 65.0 Å². The highest BCUT2D eigenvalue weighted by Gasteiger charge is 2.35. The molecule has 24 heavy (non-hydrogen) atoms. The number of hydrogen-bond acceptors (Lipinski definition) is 3. The molecular weight excluding hydrogens is 386 g/mol. The number of carboxylic acid groups (broad SMARTS) is 1. The fourth-order valence-electron chi connectivity index (χ4n) is 3.69. The molecule has 0 saturated carbocycles. The summed E-state index contributed by atoms with van der Waals surface area (Å²) in [6, 6.07) is 10.3. The molecule has 0 amide bonds. The Kier molecular flexibility index (Phi) is 5.42. The number of thiophene rings is 1. The molecule has 128 valence electrons. The summed E-state index contributed by atoms with van der Waals surface area (Å²) in [5.74, 6) is -0.709. The van der Waals surface area contributed by atoms with Crippen LogP contribution in [0.3, 0.4) is 0 Å². The molecule has 2 atom stereocenters. The predicted octanol–water partition coefficient (Wildman–Crippen LogP) is 5.16. The van der Waals surface area contributed by atoms with Crippen LogP contribution in [0.2, 0.25) is 0 Å². The maximum Gasteiger partial charge on any atom is 0.320 e. The van der Waals surface area contributed by atoms with Crippen LogP contribution in [-0.4, -0.2) is 28.6 Å².